The van der Waals surface area contributed by atoms with Gasteiger partial charge < -0.3 is 20.1 Å². The van der Waals surface area contributed by atoms with Crippen LogP contribution in [-0.2, 0) is 6.54 Å². The first kappa shape index (κ1) is 25.5. The lowest BCUT2D eigenvalue weighted by Crippen LogP contribution is -2.37. The lowest BCUT2D eigenvalue weighted by atomic mass is 10.2. The Morgan fingerprint density at radius 3 is 2.60 bits per heavy atom. The molecule has 0 aliphatic heterocycles. The number of halogens is 2. The summed E-state index contributed by atoms with van der Waals surface area (Å²) in [6, 6.07) is 7.66. The van der Waals surface area contributed by atoms with E-state index in [1.807, 2.05) is 32.2 Å². The molecule has 2 aromatic heterocycles. The van der Waals surface area contributed by atoms with Crippen molar-refractivity contribution in [1.29, 1.82) is 0 Å². The topological polar surface area (TPSA) is 90.3 Å². The van der Waals surface area contributed by atoms with Gasteiger partial charge in [-0.1, -0.05) is 0 Å². The third kappa shape index (κ3) is 5.75. The van der Waals surface area contributed by atoms with Crippen molar-refractivity contribution in [2.24, 2.45) is 0 Å². The summed E-state index contributed by atoms with van der Waals surface area (Å²) in [5.41, 5.74) is 2.17. The number of carbonyl (C=O) groups excluding carboxylic acids is 1. The van der Waals surface area contributed by atoms with Gasteiger partial charge in [-0.2, -0.15) is 5.10 Å². The van der Waals surface area contributed by atoms with Crippen molar-refractivity contribution in [3.05, 3.63) is 47.8 Å². The molecule has 30 heavy (non-hydrogen) atoms. The van der Waals surface area contributed by atoms with Crippen molar-refractivity contribution in [2.75, 3.05) is 27.8 Å². The molecule has 0 bridgehead atoms. The highest BCUT2D eigenvalue weighted by Gasteiger charge is 2.13. The van der Waals surface area contributed by atoms with Crippen molar-refractivity contribution < 1.29 is 14.3 Å². The van der Waals surface area contributed by atoms with Gasteiger partial charge in [0.1, 0.15) is 11.5 Å². The summed E-state index contributed by atoms with van der Waals surface area (Å²) >= 11 is 0. The second-order valence-electron chi connectivity index (χ2n) is 6.52. The number of nitrogens with one attached hydrogen (secondary N) is 2. The predicted octanol–water partition coefficient (Wildman–Crippen LogP) is 2.68. The number of rotatable bonds is 8. The van der Waals surface area contributed by atoms with Crippen LogP contribution in [0.1, 0.15) is 22.8 Å². The van der Waals surface area contributed by atoms with Crippen LogP contribution < -0.4 is 20.1 Å². The molecule has 1 aromatic carbocycles. The minimum atomic E-state index is -0.152. The molecule has 8 nitrogen and oxygen atoms in total. The van der Waals surface area contributed by atoms with Crippen molar-refractivity contribution in [3.63, 3.8) is 0 Å². The SMILES string of the molecule is CNC(C)CNC(=O)c1cnc2c(cnn2Cc2ccc(OC)cc2OC)c1.Cl.Cl. The van der Waals surface area contributed by atoms with E-state index in [1.54, 1.807) is 37.4 Å². The summed E-state index contributed by atoms with van der Waals surface area (Å²) in [7, 11) is 5.10. The van der Waals surface area contributed by atoms with Gasteiger partial charge in [0.15, 0.2) is 5.65 Å². The minimum absolute atomic E-state index is 0. The van der Waals surface area contributed by atoms with Gasteiger partial charge in [-0.15, -0.1) is 24.8 Å². The quantitative estimate of drug-likeness (QED) is 0.542. The van der Waals surface area contributed by atoms with E-state index in [0.29, 0.717) is 24.3 Å². The normalized spacial score (nSPS) is 11.2. The number of fused-ring (bicyclic) bond motifs is 1. The Hall–Kier alpha value is -2.55. The zero-order valence-electron chi connectivity index (χ0n) is 17.3. The summed E-state index contributed by atoms with van der Waals surface area (Å²) in [6.07, 6.45) is 3.29. The number of benzene rings is 1. The number of hydrogen-bond acceptors (Lipinski definition) is 6. The van der Waals surface area contributed by atoms with E-state index < -0.39 is 0 Å². The monoisotopic (exact) mass is 455 g/mol. The molecule has 2 N–H and O–H groups in total. The van der Waals surface area contributed by atoms with Gasteiger partial charge in [-0.05, 0) is 32.2 Å². The molecule has 1 atom stereocenters. The Morgan fingerprint density at radius 1 is 1.17 bits per heavy atom. The number of likely N-dealkylation sites (N-methyl/N-ethyl adjacent to an activating group) is 1. The first-order valence-corrected chi connectivity index (χ1v) is 9.03. The molecule has 0 radical (unpaired) electrons. The molecule has 0 saturated carbocycles. The highest BCUT2D eigenvalue weighted by Crippen LogP contribution is 2.26. The van der Waals surface area contributed by atoms with Gasteiger partial charge in [0.05, 0.1) is 32.5 Å². The summed E-state index contributed by atoms with van der Waals surface area (Å²) in [5.74, 6) is 1.30. The van der Waals surface area contributed by atoms with E-state index in [-0.39, 0.29) is 36.8 Å². The Morgan fingerprint density at radius 2 is 1.93 bits per heavy atom. The van der Waals surface area contributed by atoms with Crippen LogP contribution in [0.25, 0.3) is 11.0 Å². The fourth-order valence-electron chi connectivity index (χ4n) is 2.81. The average molecular weight is 456 g/mol. The highest BCUT2D eigenvalue weighted by atomic mass is 35.5. The number of amides is 1. The molecule has 3 aromatic rings. The van der Waals surface area contributed by atoms with Gasteiger partial charge in [-0.3, -0.25) is 4.79 Å². The van der Waals surface area contributed by atoms with Crippen LogP contribution in [0.5, 0.6) is 11.5 Å². The Kier molecular flexibility index (Phi) is 9.84. The molecule has 0 fully saturated rings. The Labute approximate surface area is 188 Å². The first-order valence-electron chi connectivity index (χ1n) is 9.03. The molecular formula is C20H27Cl2N5O3. The van der Waals surface area contributed by atoms with E-state index in [9.17, 15) is 4.79 Å². The number of ether oxygens (including phenoxy) is 2. The number of nitrogens with zero attached hydrogens (tertiary/aromatic N) is 3. The molecule has 1 amide bonds. The summed E-state index contributed by atoms with van der Waals surface area (Å²) in [4.78, 5) is 16.8. The van der Waals surface area contributed by atoms with Crippen LogP contribution in [0, 0.1) is 0 Å². The zero-order valence-corrected chi connectivity index (χ0v) is 19.0. The molecule has 3 rings (SSSR count). The van der Waals surface area contributed by atoms with E-state index in [2.05, 4.69) is 20.7 Å². The Balaban J connectivity index is 0.00000225. The highest BCUT2D eigenvalue weighted by molar-refractivity contribution is 5.96. The summed E-state index contributed by atoms with van der Waals surface area (Å²) in [6.45, 7) is 3.04. The van der Waals surface area contributed by atoms with E-state index >= 15 is 0 Å². The molecule has 0 aliphatic rings. The minimum Gasteiger partial charge on any atom is -0.497 e. The molecule has 0 spiro atoms. The standard InChI is InChI=1S/C20H25N5O3.2ClH/c1-13(21-2)9-23-20(26)16-7-15-11-24-25(19(15)22-10-16)12-14-5-6-17(27-3)8-18(14)28-4;;/h5-8,10-11,13,21H,9,12H2,1-4H3,(H,23,26);2*1H. The number of methoxy groups -OCH3 is 2. The zero-order chi connectivity index (χ0) is 20.1. The molecule has 10 heteroatoms. The number of aromatic nitrogens is 3. The average Bonchev–Trinajstić information content (AvgIpc) is 3.13. The molecule has 0 aliphatic carbocycles. The van der Waals surface area contributed by atoms with Crippen molar-refractivity contribution in [2.45, 2.75) is 19.5 Å². The molecule has 1 unspecified atom stereocenters. The van der Waals surface area contributed by atoms with E-state index in [1.165, 1.54) is 0 Å². The number of hydrogen-bond donors (Lipinski definition) is 2. The molecule has 2 heterocycles. The molecule has 164 valence electrons. The maximum atomic E-state index is 12.3. The number of carbonyl (C=O) groups is 1. The van der Waals surface area contributed by atoms with Crippen LogP contribution in [-0.4, -0.2) is 54.5 Å². The van der Waals surface area contributed by atoms with Crippen LogP contribution >= 0.6 is 24.8 Å². The fourth-order valence-corrected chi connectivity index (χ4v) is 2.81. The van der Waals surface area contributed by atoms with Gasteiger partial charge in [0, 0.05) is 35.8 Å². The fraction of sp³-hybridized carbons (Fsp3) is 0.350. The van der Waals surface area contributed by atoms with Crippen molar-refractivity contribution in [3.8, 4) is 11.5 Å². The third-order valence-corrected chi connectivity index (χ3v) is 4.61. The van der Waals surface area contributed by atoms with Gasteiger partial charge in [0.25, 0.3) is 5.91 Å². The molecular weight excluding hydrogens is 429 g/mol. The maximum Gasteiger partial charge on any atom is 0.252 e. The third-order valence-electron chi connectivity index (χ3n) is 4.61. The van der Waals surface area contributed by atoms with Crippen LogP contribution in [0.3, 0.4) is 0 Å². The van der Waals surface area contributed by atoms with Crippen LogP contribution in [0.4, 0.5) is 0 Å². The van der Waals surface area contributed by atoms with Crippen LogP contribution in [0.2, 0.25) is 0 Å². The summed E-state index contributed by atoms with van der Waals surface area (Å²) < 4.78 is 12.5. The summed E-state index contributed by atoms with van der Waals surface area (Å²) in [5, 5.41) is 11.2. The van der Waals surface area contributed by atoms with Gasteiger partial charge in [-0.25, -0.2) is 9.67 Å². The van der Waals surface area contributed by atoms with E-state index in [0.717, 1.165) is 22.4 Å². The smallest absolute Gasteiger partial charge is 0.252 e. The largest absolute Gasteiger partial charge is 0.497 e. The van der Waals surface area contributed by atoms with Gasteiger partial charge >= 0.3 is 0 Å². The van der Waals surface area contributed by atoms with Crippen LogP contribution in [0.15, 0.2) is 36.7 Å². The maximum absolute atomic E-state index is 12.3. The second kappa shape index (κ2) is 11.6. The van der Waals surface area contributed by atoms with Crippen molar-refractivity contribution in [1.82, 2.24) is 25.4 Å². The van der Waals surface area contributed by atoms with Crippen molar-refractivity contribution >= 4 is 41.8 Å². The predicted molar refractivity (Wildman–Crippen MR) is 122 cm³/mol. The Bertz CT molecular complexity index is 980. The lowest BCUT2D eigenvalue weighted by molar-refractivity contribution is 0.0950. The first-order chi connectivity index (χ1) is 13.5. The molecule has 0 saturated heterocycles. The number of pyridine rings is 1. The second-order valence-corrected chi connectivity index (χ2v) is 6.52. The lowest BCUT2D eigenvalue weighted by Gasteiger charge is -2.12. The van der Waals surface area contributed by atoms with Gasteiger partial charge in [0.2, 0.25) is 0 Å². The van der Waals surface area contributed by atoms with E-state index in [4.69, 9.17) is 9.47 Å².